The molecule has 2 N–H and O–H groups in total. The molecule has 0 atom stereocenters. The highest BCUT2D eigenvalue weighted by Gasteiger charge is 2.23. The van der Waals surface area contributed by atoms with Crippen molar-refractivity contribution in [3.05, 3.63) is 23.3 Å². The van der Waals surface area contributed by atoms with E-state index in [0.717, 1.165) is 42.6 Å². The summed E-state index contributed by atoms with van der Waals surface area (Å²) in [5.41, 5.74) is 3.05. The molecule has 1 heterocycles. The van der Waals surface area contributed by atoms with Crippen LogP contribution in [0.5, 0.6) is 0 Å². The SMILES string of the molecule is CCCNS(=O)(=O)c1ccc(C)c2c1CCCN2. The number of benzene rings is 1. The van der Waals surface area contributed by atoms with Crippen LogP contribution >= 0.6 is 0 Å². The van der Waals surface area contributed by atoms with Gasteiger partial charge in [-0.05, 0) is 43.4 Å². The first-order chi connectivity index (χ1) is 8.56. The molecule has 100 valence electrons. The fraction of sp³-hybridized carbons (Fsp3) is 0.538. The van der Waals surface area contributed by atoms with E-state index in [-0.39, 0.29) is 0 Å². The Kier molecular flexibility index (Phi) is 3.92. The van der Waals surface area contributed by atoms with Crippen LogP contribution in [0.4, 0.5) is 5.69 Å². The summed E-state index contributed by atoms with van der Waals surface area (Å²) in [6.07, 6.45) is 2.60. The number of anilines is 1. The van der Waals surface area contributed by atoms with Gasteiger partial charge in [0.15, 0.2) is 0 Å². The molecule has 0 unspecified atom stereocenters. The van der Waals surface area contributed by atoms with Crippen LogP contribution in [0.1, 0.15) is 30.9 Å². The van der Waals surface area contributed by atoms with Gasteiger partial charge in [0.2, 0.25) is 10.0 Å². The van der Waals surface area contributed by atoms with Gasteiger partial charge in [0.1, 0.15) is 0 Å². The lowest BCUT2D eigenvalue weighted by molar-refractivity contribution is 0.579. The number of aryl methyl sites for hydroxylation is 1. The molecule has 0 saturated heterocycles. The normalized spacial score (nSPS) is 15.0. The van der Waals surface area contributed by atoms with Crippen LogP contribution in [-0.2, 0) is 16.4 Å². The molecule has 18 heavy (non-hydrogen) atoms. The Morgan fingerprint density at radius 1 is 1.39 bits per heavy atom. The van der Waals surface area contributed by atoms with Crippen LogP contribution in [0, 0.1) is 6.92 Å². The van der Waals surface area contributed by atoms with Crippen molar-refractivity contribution in [2.75, 3.05) is 18.4 Å². The number of hydrogen-bond acceptors (Lipinski definition) is 3. The van der Waals surface area contributed by atoms with Crippen LogP contribution in [-0.4, -0.2) is 21.5 Å². The Bertz CT molecular complexity index is 538. The quantitative estimate of drug-likeness (QED) is 0.878. The smallest absolute Gasteiger partial charge is 0.240 e. The number of rotatable bonds is 4. The Morgan fingerprint density at radius 3 is 2.89 bits per heavy atom. The van der Waals surface area contributed by atoms with Crippen molar-refractivity contribution in [2.24, 2.45) is 0 Å². The van der Waals surface area contributed by atoms with E-state index in [1.165, 1.54) is 0 Å². The maximum absolute atomic E-state index is 12.2. The van der Waals surface area contributed by atoms with Crippen molar-refractivity contribution in [3.8, 4) is 0 Å². The summed E-state index contributed by atoms with van der Waals surface area (Å²) in [5.74, 6) is 0. The van der Waals surface area contributed by atoms with E-state index in [9.17, 15) is 8.42 Å². The van der Waals surface area contributed by atoms with Gasteiger partial charge in [-0.25, -0.2) is 13.1 Å². The molecule has 0 bridgehead atoms. The van der Waals surface area contributed by atoms with Gasteiger partial charge in [-0.3, -0.25) is 0 Å². The molecule has 0 aliphatic carbocycles. The Labute approximate surface area is 109 Å². The molecule has 0 saturated carbocycles. The molecule has 0 amide bonds. The molecule has 4 nitrogen and oxygen atoms in total. The molecular weight excluding hydrogens is 248 g/mol. The molecule has 1 aliphatic rings. The van der Waals surface area contributed by atoms with Gasteiger partial charge in [0, 0.05) is 18.8 Å². The van der Waals surface area contributed by atoms with Gasteiger partial charge >= 0.3 is 0 Å². The zero-order valence-corrected chi connectivity index (χ0v) is 11.7. The van der Waals surface area contributed by atoms with Gasteiger partial charge in [0.25, 0.3) is 0 Å². The van der Waals surface area contributed by atoms with Crippen LogP contribution in [0.25, 0.3) is 0 Å². The molecular formula is C13H20N2O2S. The van der Waals surface area contributed by atoms with E-state index < -0.39 is 10.0 Å². The Morgan fingerprint density at radius 2 is 2.17 bits per heavy atom. The van der Waals surface area contributed by atoms with Crippen molar-refractivity contribution in [3.63, 3.8) is 0 Å². The monoisotopic (exact) mass is 268 g/mol. The number of fused-ring (bicyclic) bond motifs is 1. The molecule has 2 rings (SSSR count). The molecule has 1 aromatic rings. The van der Waals surface area contributed by atoms with Gasteiger partial charge < -0.3 is 5.32 Å². The average Bonchev–Trinajstić information content (AvgIpc) is 2.37. The third-order valence-corrected chi connectivity index (χ3v) is 4.76. The predicted molar refractivity (Wildman–Crippen MR) is 73.5 cm³/mol. The minimum absolute atomic E-state index is 0.434. The summed E-state index contributed by atoms with van der Waals surface area (Å²) in [6, 6.07) is 3.59. The molecule has 0 spiro atoms. The van der Waals surface area contributed by atoms with Gasteiger partial charge in [-0.2, -0.15) is 0 Å². The van der Waals surface area contributed by atoms with Crippen molar-refractivity contribution >= 4 is 15.7 Å². The van der Waals surface area contributed by atoms with E-state index >= 15 is 0 Å². The highest BCUT2D eigenvalue weighted by atomic mass is 32.2. The highest BCUT2D eigenvalue weighted by Crippen LogP contribution is 2.31. The lowest BCUT2D eigenvalue weighted by atomic mass is 10.00. The lowest BCUT2D eigenvalue weighted by Crippen LogP contribution is -2.27. The van der Waals surface area contributed by atoms with Crippen molar-refractivity contribution < 1.29 is 8.42 Å². The van der Waals surface area contributed by atoms with E-state index in [0.29, 0.717) is 11.4 Å². The zero-order valence-electron chi connectivity index (χ0n) is 10.9. The second kappa shape index (κ2) is 5.28. The second-order valence-corrected chi connectivity index (χ2v) is 6.40. The summed E-state index contributed by atoms with van der Waals surface area (Å²) in [5, 5.41) is 3.31. The minimum Gasteiger partial charge on any atom is -0.385 e. The fourth-order valence-corrected chi connectivity index (χ4v) is 3.69. The van der Waals surface area contributed by atoms with Crippen molar-refractivity contribution in [1.82, 2.24) is 4.72 Å². The summed E-state index contributed by atoms with van der Waals surface area (Å²) in [7, 11) is -3.37. The zero-order chi connectivity index (χ0) is 13.2. The third kappa shape index (κ3) is 2.52. The van der Waals surface area contributed by atoms with E-state index in [4.69, 9.17) is 0 Å². The van der Waals surface area contributed by atoms with Crippen molar-refractivity contribution in [2.45, 2.75) is 38.0 Å². The summed E-state index contributed by atoms with van der Waals surface area (Å²) in [6.45, 7) is 5.36. The van der Waals surface area contributed by atoms with Crippen molar-refractivity contribution in [1.29, 1.82) is 0 Å². The van der Waals surface area contributed by atoms with Gasteiger partial charge in [0.05, 0.1) is 4.90 Å². The number of hydrogen-bond donors (Lipinski definition) is 2. The molecule has 5 heteroatoms. The van der Waals surface area contributed by atoms with E-state index in [1.54, 1.807) is 6.07 Å². The maximum Gasteiger partial charge on any atom is 0.240 e. The predicted octanol–water partition coefficient (Wildman–Crippen LogP) is 2.04. The largest absolute Gasteiger partial charge is 0.385 e. The van der Waals surface area contributed by atoms with Crippen LogP contribution in [0.2, 0.25) is 0 Å². The standard InChI is InChI=1S/C13H20N2O2S/c1-3-8-15-18(16,17)12-7-6-10(2)13-11(12)5-4-9-14-13/h6-7,14-15H,3-5,8-9H2,1-2H3. The Balaban J connectivity index is 2.45. The summed E-state index contributed by atoms with van der Waals surface area (Å²) >= 11 is 0. The second-order valence-electron chi connectivity index (χ2n) is 4.66. The van der Waals surface area contributed by atoms with Crippen LogP contribution in [0.3, 0.4) is 0 Å². The van der Waals surface area contributed by atoms with E-state index in [2.05, 4.69) is 10.0 Å². The topological polar surface area (TPSA) is 58.2 Å². The molecule has 1 aliphatic heterocycles. The first kappa shape index (κ1) is 13.4. The van der Waals surface area contributed by atoms with Gasteiger partial charge in [-0.15, -0.1) is 0 Å². The fourth-order valence-electron chi connectivity index (χ4n) is 2.28. The summed E-state index contributed by atoms with van der Waals surface area (Å²) < 4.78 is 27.1. The average molecular weight is 268 g/mol. The lowest BCUT2D eigenvalue weighted by Gasteiger charge is -2.23. The number of nitrogens with one attached hydrogen (secondary N) is 2. The number of sulfonamides is 1. The first-order valence-corrected chi connectivity index (χ1v) is 7.90. The first-order valence-electron chi connectivity index (χ1n) is 6.42. The molecule has 0 aromatic heterocycles. The Hall–Kier alpha value is -1.07. The highest BCUT2D eigenvalue weighted by molar-refractivity contribution is 7.89. The molecule has 0 radical (unpaired) electrons. The minimum atomic E-state index is -3.37. The van der Waals surface area contributed by atoms with Crippen LogP contribution < -0.4 is 10.0 Å². The molecule has 1 aromatic carbocycles. The maximum atomic E-state index is 12.2. The van der Waals surface area contributed by atoms with Gasteiger partial charge in [-0.1, -0.05) is 13.0 Å². The molecule has 0 fully saturated rings. The van der Waals surface area contributed by atoms with Crippen LogP contribution in [0.15, 0.2) is 17.0 Å². The van der Waals surface area contributed by atoms with E-state index in [1.807, 2.05) is 19.9 Å². The summed E-state index contributed by atoms with van der Waals surface area (Å²) in [4.78, 5) is 0.434. The third-order valence-electron chi connectivity index (χ3n) is 3.22.